The second-order valence-corrected chi connectivity index (χ2v) is 4.58. The highest BCUT2D eigenvalue weighted by atomic mass is 16.5. The van der Waals surface area contributed by atoms with Crippen LogP contribution in [0, 0.1) is 5.92 Å². The van der Waals surface area contributed by atoms with Crippen LogP contribution >= 0.6 is 0 Å². The first kappa shape index (κ1) is 10.7. The molecule has 90 valence electrons. The number of ether oxygens (including phenoxy) is 1. The van der Waals surface area contributed by atoms with Crippen molar-refractivity contribution < 1.29 is 9.84 Å². The number of nitrogens with zero attached hydrogens (tertiary/aromatic N) is 2. The number of aromatic nitrogens is 2. The summed E-state index contributed by atoms with van der Waals surface area (Å²) in [5.74, 6) is 0.248. The maximum absolute atomic E-state index is 10.1. The summed E-state index contributed by atoms with van der Waals surface area (Å²) < 4.78 is 7.17. The van der Waals surface area contributed by atoms with Gasteiger partial charge in [-0.2, -0.15) is 5.10 Å². The van der Waals surface area contributed by atoms with Crippen LogP contribution in [-0.4, -0.2) is 34.2 Å². The fourth-order valence-electron chi connectivity index (χ4n) is 2.35. The summed E-state index contributed by atoms with van der Waals surface area (Å²) in [7, 11) is 0. The molecule has 1 aliphatic heterocycles. The Hall–Kier alpha value is -1.39. The summed E-state index contributed by atoms with van der Waals surface area (Å²) in [5.41, 5.74) is 1.07. The van der Waals surface area contributed by atoms with Gasteiger partial charge in [0.2, 0.25) is 0 Å². The lowest BCUT2D eigenvalue weighted by molar-refractivity contribution is 0.0759. The van der Waals surface area contributed by atoms with Crippen LogP contribution in [0.25, 0.3) is 10.9 Å². The number of benzene rings is 1. The molecule has 3 rings (SSSR count). The molecule has 2 atom stereocenters. The number of aliphatic hydroxyl groups excluding tert-OH is 1. The minimum absolute atomic E-state index is 0.248. The van der Waals surface area contributed by atoms with Crippen LogP contribution in [0.5, 0.6) is 0 Å². The molecule has 0 aliphatic carbocycles. The molecule has 2 heterocycles. The van der Waals surface area contributed by atoms with Crippen LogP contribution in [0.3, 0.4) is 0 Å². The average Bonchev–Trinajstić information content (AvgIpc) is 2.98. The lowest BCUT2D eigenvalue weighted by atomic mass is 10.0. The molecule has 0 radical (unpaired) electrons. The van der Waals surface area contributed by atoms with Gasteiger partial charge in [0.25, 0.3) is 0 Å². The summed E-state index contributed by atoms with van der Waals surface area (Å²) >= 11 is 0. The lowest BCUT2D eigenvalue weighted by Gasteiger charge is -2.16. The first-order chi connectivity index (χ1) is 8.34. The molecule has 0 spiro atoms. The third kappa shape index (κ3) is 2.06. The summed E-state index contributed by atoms with van der Waals surface area (Å²) in [4.78, 5) is 0. The number of aliphatic hydroxyl groups is 1. The van der Waals surface area contributed by atoms with Crippen LogP contribution in [0.15, 0.2) is 30.5 Å². The third-order valence-corrected chi connectivity index (χ3v) is 3.42. The zero-order chi connectivity index (χ0) is 11.7. The average molecular weight is 232 g/mol. The van der Waals surface area contributed by atoms with E-state index in [-0.39, 0.29) is 12.0 Å². The van der Waals surface area contributed by atoms with E-state index < -0.39 is 0 Å². The summed E-state index contributed by atoms with van der Waals surface area (Å²) in [6.07, 6.45) is 2.41. The Bertz CT molecular complexity index is 503. The second kappa shape index (κ2) is 4.47. The molecule has 0 saturated carbocycles. The molecule has 1 aromatic heterocycles. The van der Waals surface area contributed by atoms with E-state index in [1.54, 1.807) is 0 Å². The molecule has 2 aromatic rings. The molecular formula is C13H16N2O2. The van der Waals surface area contributed by atoms with E-state index in [9.17, 15) is 5.11 Å². The molecule has 4 heteroatoms. The van der Waals surface area contributed by atoms with Crippen molar-refractivity contribution in [1.82, 2.24) is 9.78 Å². The van der Waals surface area contributed by atoms with Gasteiger partial charge in [0.05, 0.1) is 31.0 Å². The van der Waals surface area contributed by atoms with Crippen molar-refractivity contribution in [3.8, 4) is 0 Å². The Morgan fingerprint density at radius 1 is 1.47 bits per heavy atom. The van der Waals surface area contributed by atoms with Crippen molar-refractivity contribution in [1.29, 1.82) is 0 Å². The summed E-state index contributed by atoms with van der Waals surface area (Å²) in [6.45, 7) is 1.98. The molecule has 1 saturated heterocycles. The smallest absolute Gasteiger partial charge is 0.0787 e. The predicted molar refractivity (Wildman–Crippen MR) is 64.7 cm³/mol. The van der Waals surface area contributed by atoms with Crippen LogP contribution in [0.1, 0.15) is 6.42 Å². The largest absolute Gasteiger partial charge is 0.391 e. The van der Waals surface area contributed by atoms with Crippen molar-refractivity contribution in [3.05, 3.63) is 30.5 Å². The van der Waals surface area contributed by atoms with Gasteiger partial charge < -0.3 is 9.84 Å². The number of para-hydroxylation sites is 1. The number of fused-ring (bicyclic) bond motifs is 1. The van der Waals surface area contributed by atoms with E-state index in [2.05, 4.69) is 5.10 Å². The van der Waals surface area contributed by atoms with E-state index in [4.69, 9.17) is 4.74 Å². The van der Waals surface area contributed by atoms with Gasteiger partial charge in [-0.15, -0.1) is 0 Å². The van der Waals surface area contributed by atoms with E-state index >= 15 is 0 Å². The number of hydrogen-bond donors (Lipinski definition) is 1. The van der Waals surface area contributed by atoms with Crippen molar-refractivity contribution in [2.75, 3.05) is 13.2 Å². The van der Waals surface area contributed by atoms with Crippen molar-refractivity contribution in [3.63, 3.8) is 0 Å². The molecule has 1 aromatic carbocycles. The number of hydrogen-bond acceptors (Lipinski definition) is 3. The zero-order valence-corrected chi connectivity index (χ0v) is 9.62. The quantitative estimate of drug-likeness (QED) is 0.871. The zero-order valence-electron chi connectivity index (χ0n) is 9.62. The fraction of sp³-hybridized carbons (Fsp3) is 0.462. The highest BCUT2D eigenvalue weighted by Gasteiger charge is 2.24. The van der Waals surface area contributed by atoms with E-state index in [0.29, 0.717) is 13.2 Å². The van der Waals surface area contributed by atoms with Gasteiger partial charge in [-0.1, -0.05) is 18.2 Å². The monoisotopic (exact) mass is 232 g/mol. The molecule has 2 unspecified atom stereocenters. The van der Waals surface area contributed by atoms with E-state index in [1.807, 2.05) is 35.1 Å². The maximum Gasteiger partial charge on any atom is 0.0787 e. The molecule has 17 heavy (non-hydrogen) atoms. The van der Waals surface area contributed by atoms with Crippen LogP contribution in [0.2, 0.25) is 0 Å². The third-order valence-electron chi connectivity index (χ3n) is 3.42. The van der Waals surface area contributed by atoms with Crippen LogP contribution in [0.4, 0.5) is 0 Å². The highest BCUT2D eigenvalue weighted by Crippen LogP contribution is 2.19. The number of rotatable bonds is 3. The molecule has 1 N–H and O–H groups in total. The van der Waals surface area contributed by atoms with Crippen LogP contribution < -0.4 is 0 Å². The van der Waals surface area contributed by atoms with Crippen LogP contribution in [-0.2, 0) is 11.3 Å². The summed E-state index contributed by atoms with van der Waals surface area (Å²) in [5, 5.41) is 15.6. The molecular weight excluding hydrogens is 216 g/mol. The SMILES string of the molecule is OC(Cn1ncc2ccccc21)C1CCOC1. The molecule has 1 fully saturated rings. The molecule has 0 bridgehead atoms. The normalized spacial score (nSPS) is 22.1. The molecule has 1 aliphatic rings. The Labute approximate surface area is 99.8 Å². The Balaban J connectivity index is 1.80. The Morgan fingerprint density at radius 2 is 2.35 bits per heavy atom. The van der Waals surface area contributed by atoms with Gasteiger partial charge in [0.1, 0.15) is 0 Å². The highest BCUT2D eigenvalue weighted by molar-refractivity contribution is 5.78. The Kier molecular flexibility index (Phi) is 2.82. The van der Waals surface area contributed by atoms with Gasteiger partial charge in [0.15, 0.2) is 0 Å². The van der Waals surface area contributed by atoms with Gasteiger partial charge in [0, 0.05) is 17.9 Å². The maximum atomic E-state index is 10.1. The van der Waals surface area contributed by atoms with Gasteiger partial charge in [-0.3, -0.25) is 4.68 Å². The second-order valence-electron chi connectivity index (χ2n) is 4.58. The van der Waals surface area contributed by atoms with Crippen molar-refractivity contribution in [2.45, 2.75) is 19.1 Å². The van der Waals surface area contributed by atoms with E-state index in [1.165, 1.54) is 0 Å². The first-order valence-corrected chi connectivity index (χ1v) is 6.01. The minimum atomic E-state index is -0.374. The van der Waals surface area contributed by atoms with Gasteiger partial charge in [-0.05, 0) is 12.5 Å². The van der Waals surface area contributed by atoms with E-state index in [0.717, 1.165) is 23.9 Å². The summed E-state index contributed by atoms with van der Waals surface area (Å²) in [6, 6.07) is 8.05. The van der Waals surface area contributed by atoms with Gasteiger partial charge >= 0.3 is 0 Å². The van der Waals surface area contributed by atoms with Crippen molar-refractivity contribution >= 4 is 10.9 Å². The Morgan fingerprint density at radius 3 is 3.18 bits per heavy atom. The first-order valence-electron chi connectivity index (χ1n) is 6.01. The topological polar surface area (TPSA) is 47.3 Å². The lowest BCUT2D eigenvalue weighted by Crippen LogP contribution is -2.26. The van der Waals surface area contributed by atoms with Gasteiger partial charge in [-0.25, -0.2) is 0 Å². The fourth-order valence-corrected chi connectivity index (χ4v) is 2.35. The predicted octanol–water partition coefficient (Wildman–Crippen LogP) is 1.43. The standard InChI is InChI=1S/C13H16N2O2/c16-13(11-5-6-17-9-11)8-15-12-4-2-1-3-10(12)7-14-15/h1-4,7,11,13,16H,5-6,8-9H2. The minimum Gasteiger partial charge on any atom is -0.391 e. The molecule has 0 amide bonds. The van der Waals surface area contributed by atoms with Crippen molar-refractivity contribution in [2.24, 2.45) is 5.92 Å². The molecule has 4 nitrogen and oxygen atoms in total.